The topological polar surface area (TPSA) is 150 Å². The summed E-state index contributed by atoms with van der Waals surface area (Å²) in [5.41, 5.74) is 7.36. The van der Waals surface area contributed by atoms with E-state index in [0.29, 0.717) is 28.4 Å². The number of carbonyl (C=O) groups is 1. The number of nitrogen functional groups attached to an aromatic ring is 1. The van der Waals surface area contributed by atoms with E-state index in [1.165, 1.54) is 4.31 Å². The third kappa shape index (κ3) is 8.55. The van der Waals surface area contributed by atoms with Crippen LogP contribution in [-0.2, 0) is 26.1 Å². The zero-order chi connectivity index (χ0) is 30.4. The number of ether oxygens (including phenoxy) is 2. The van der Waals surface area contributed by atoms with Crippen LogP contribution in [0.5, 0.6) is 5.75 Å². The smallest absolute Gasteiger partial charge is 0.326 e. The second-order valence-corrected chi connectivity index (χ2v) is 12.4. The van der Waals surface area contributed by atoms with Crippen LogP contribution in [0.25, 0.3) is 10.8 Å². The van der Waals surface area contributed by atoms with Crippen LogP contribution >= 0.6 is 24.8 Å². The van der Waals surface area contributed by atoms with Crippen molar-refractivity contribution in [3.63, 3.8) is 0 Å². The molecule has 0 saturated carbocycles. The molecule has 0 aromatic heterocycles. The highest BCUT2D eigenvalue weighted by atomic mass is 35.5. The van der Waals surface area contributed by atoms with Crippen LogP contribution in [-0.4, -0.2) is 62.0 Å². The summed E-state index contributed by atoms with van der Waals surface area (Å²) in [4.78, 5) is 14.8. The van der Waals surface area contributed by atoms with Crippen molar-refractivity contribution in [1.29, 1.82) is 10.8 Å². The fourth-order valence-corrected chi connectivity index (χ4v) is 6.92. The number of hydrogen-bond acceptors (Lipinski definition) is 7. The van der Waals surface area contributed by atoms with Crippen LogP contribution in [0.2, 0.25) is 0 Å². The Labute approximate surface area is 271 Å². The monoisotopic (exact) mass is 665 g/mol. The van der Waals surface area contributed by atoms with Gasteiger partial charge in [0.25, 0.3) is 0 Å². The maximum Gasteiger partial charge on any atom is 0.326 e. The second-order valence-electron chi connectivity index (χ2n) is 10.4. The van der Waals surface area contributed by atoms with Gasteiger partial charge in [0.1, 0.15) is 17.7 Å². The van der Waals surface area contributed by atoms with Gasteiger partial charge in [-0.3, -0.25) is 19.9 Å². The first kappa shape index (κ1) is 36.7. The van der Waals surface area contributed by atoms with E-state index in [1.54, 1.807) is 57.2 Å². The van der Waals surface area contributed by atoms with Gasteiger partial charge in [0.2, 0.25) is 10.0 Å². The van der Waals surface area contributed by atoms with Crippen LogP contribution in [0.15, 0.2) is 60.7 Å². The molecule has 1 heterocycles. The van der Waals surface area contributed by atoms with Gasteiger partial charge in [-0.2, -0.15) is 0 Å². The molecule has 1 aliphatic rings. The maximum atomic E-state index is 14.0. The number of nitrogens with one attached hydrogen (secondary N) is 2. The summed E-state index contributed by atoms with van der Waals surface area (Å²) in [6.07, 6.45) is 1.66. The van der Waals surface area contributed by atoms with Crippen molar-refractivity contribution >= 4 is 68.9 Å². The Bertz CT molecular complexity index is 1560. The van der Waals surface area contributed by atoms with E-state index in [-0.39, 0.29) is 56.3 Å². The van der Waals surface area contributed by atoms with E-state index < -0.39 is 21.2 Å². The molecule has 0 bridgehead atoms. The number of likely N-dealkylation sites (tertiary alicyclic amines) is 1. The average molecular weight is 667 g/mol. The number of amidine groups is 2. The lowest BCUT2D eigenvalue weighted by Gasteiger charge is -2.33. The first-order valence-corrected chi connectivity index (χ1v) is 15.7. The highest BCUT2D eigenvalue weighted by Gasteiger charge is 2.38. The van der Waals surface area contributed by atoms with E-state index in [9.17, 15) is 13.2 Å². The van der Waals surface area contributed by atoms with Gasteiger partial charge in [-0.25, -0.2) is 8.42 Å². The molecule has 0 aliphatic carbocycles. The normalized spacial score (nSPS) is 14.1. The summed E-state index contributed by atoms with van der Waals surface area (Å²) in [5.74, 6) is 0.351. The molecule has 1 saturated heterocycles. The van der Waals surface area contributed by atoms with Crippen LogP contribution in [0.3, 0.4) is 0 Å². The zero-order valence-electron chi connectivity index (χ0n) is 25.1. The van der Waals surface area contributed by atoms with Crippen molar-refractivity contribution in [1.82, 2.24) is 4.90 Å². The number of sulfonamides is 1. The number of halogens is 2. The van der Waals surface area contributed by atoms with Gasteiger partial charge in [-0.05, 0) is 73.0 Å². The highest BCUT2D eigenvalue weighted by Crippen LogP contribution is 2.29. The Balaban J connectivity index is 0.00000337. The van der Waals surface area contributed by atoms with Crippen LogP contribution in [0, 0.1) is 10.8 Å². The van der Waals surface area contributed by atoms with Gasteiger partial charge in [0, 0.05) is 31.5 Å². The number of nitrogens with two attached hydrogens (primary N) is 1. The number of piperidine rings is 1. The van der Waals surface area contributed by atoms with Gasteiger partial charge in [-0.1, -0.05) is 31.2 Å². The quantitative estimate of drug-likeness (QED) is 0.139. The van der Waals surface area contributed by atoms with Gasteiger partial charge >= 0.3 is 5.97 Å². The molecule has 0 spiro atoms. The Morgan fingerprint density at radius 3 is 2.20 bits per heavy atom. The molecular formula is C31H41Cl2N5O5S. The molecule has 4 rings (SSSR count). The molecule has 1 atom stereocenters. The van der Waals surface area contributed by atoms with Crippen molar-refractivity contribution in [2.45, 2.75) is 57.9 Å². The standard InChI is InChI=1S/C31H39N5O5S.2ClH/c1-4-29(31(37)40-5-2)42(38,39)36(20-22-6-7-23-8-9-24(30(33)34)19-25(23)18-22)26-10-12-27(13-11-26)41-28-14-16-35(17-15-28)21(3)32;;/h6-13,18-19,28-29,32H,4-5,14-17,20H2,1-3H3,(H3,33,34);2*1H. The fourth-order valence-electron chi connectivity index (χ4n) is 5.14. The summed E-state index contributed by atoms with van der Waals surface area (Å²) in [7, 11) is -4.18. The Kier molecular flexibility index (Phi) is 13.3. The predicted molar refractivity (Wildman–Crippen MR) is 180 cm³/mol. The highest BCUT2D eigenvalue weighted by molar-refractivity contribution is 7.94. The number of benzene rings is 3. The van der Waals surface area contributed by atoms with E-state index in [0.717, 1.165) is 36.7 Å². The number of rotatable bonds is 11. The lowest BCUT2D eigenvalue weighted by atomic mass is 10.0. The minimum atomic E-state index is -4.18. The van der Waals surface area contributed by atoms with Crippen molar-refractivity contribution in [3.8, 4) is 5.75 Å². The summed E-state index contributed by atoms with van der Waals surface area (Å²) in [5, 5.41) is 16.0. The summed E-state index contributed by atoms with van der Waals surface area (Å²) in [6, 6.07) is 17.9. The summed E-state index contributed by atoms with van der Waals surface area (Å²) < 4.78 is 40.6. The SMILES string of the molecule is CCOC(=O)C(CC)S(=O)(=O)N(Cc1ccc2ccc(C(=N)N)cc2c1)c1ccc(OC2CCN(C(C)=N)CC2)cc1.Cl.Cl. The largest absolute Gasteiger partial charge is 0.490 e. The maximum absolute atomic E-state index is 14.0. The average Bonchev–Trinajstić information content (AvgIpc) is 2.96. The summed E-state index contributed by atoms with van der Waals surface area (Å²) >= 11 is 0. The third-order valence-electron chi connectivity index (χ3n) is 7.47. The fraction of sp³-hybridized carbons (Fsp3) is 0.387. The van der Waals surface area contributed by atoms with Gasteiger partial charge in [-0.15, -0.1) is 24.8 Å². The molecule has 0 amide bonds. The molecule has 240 valence electrons. The molecule has 3 aromatic rings. The van der Waals surface area contributed by atoms with Crippen molar-refractivity contribution in [3.05, 3.63) is 71.8 Å². The lowest BCUT2D eigenvalue weighted by Crippen LogP contribution is -2.43. The summed E-state index contributed by atoms with van der Waals surface area (Å²) in [6.45, 7) is 6.67. The van der Waals surface area contributed by atoms with Gasteiger partial charge < -0.3 is 20.1 Å². The number of hydrogen-bond donors (Lipinski definition) is 3. The predicted octanol–water partition coefficient (Wildman–Crippen LogP) is 5.49. The minimum absolute atomic E-state index is 0. The van der Waals surface area contributed by atoms with Crippen LogP contribution in [0.1, 0.15) is 51.2 Å². The molecule has 1 fully saturated rings. The second kappa shape index (κ2) is 16.0. The third-order valence-corrected chi connectivity index (χ3v) is 9.67. The molecule has 1 unspecified atom stereocenters. The Morgan fingerprint density at radius 2 is 1.64 bits per heavy atom. The molecule has 10 nitrogen and oxygen atoms in total. The first-order chi connectivity index (χ1) is 20.0. The zero-order valence-corrected chi connectivity index (χ0v) is 27.6. The van der Waals surface area contributed by atoms with E-state index in [1.807, 2.05) is 29.2 Å². The van der Waals surface area contributed by atoms with Crippen LogP contribution in [0.4, 0.5) is 5.69 Å². The van der Waals surface area contributed by atoms with Crippen molar-refractivity contribution in [2.75, 3.05) is 24.0 Å². The minimum Gasteiger partial charge on any atom is -0.490 e. The van der Waals surface area contributed by atoms with E-state index in [2.05, 4.69) is 0 Å². The number of anilines is 1. The number of fused-ring (bicyclic) bond motifs is 1. The van der Waals surface area contributed by atoms with E-state index in [4.69, 9.17) is 26.0 Å². The van der Waals surface area contributed by atoms with Gasteiger partial charge in [0.05, 0.1) is 24.7 Å². The molecule has 3 aromatic carbocycles. The van der Waals surface area contributed by atoms with Crippen molar-refractivity contribution < 1.29 is 22.7 Å². The molecule has 44 heavy (non-hydrogen) atoms. The Hall–Kier alpha value is -3.54. The number of nitrogens with zero attached hydrogens (tertiary/aromatic N) is 2. The molecule has 13 heteroatoms. The van der Waals surface area contributed by atoms with Crippen LogP contribution < -0.4 is 14.8 Å². The molecule has 0 radical (unpaired) electrons. The molecule has 1 aliphatic heterocycles. The van der Waals surface area contributed by atoms with Crippen molar-refractivity contribution in [2.24, 2.45) is 5.73 Å². The number of carbonyl (C=O) groups excluding carboxylic acids is 1. The lowest BCUT2D eigenvalue weighted by molar-refractivity contribution is -0.142. The Morgan fingerprint density at radius 1 is 1.00 bits per heavy atom. The first-order valence-electron chi connectivity index (χ1n) is 14.2. The molecule has 4 N–H and O–H groups in total. The molecular weight excluding hydrogens is 625 g/mol. The van der Waals surface area contributed by atoms with Gasteiger partial charge in [0.15, 0.2) is 5.25 Å². The number of esters is 1. The van der Waals surface area contributed by atoms with E-state index >= 15 is 0 Å².